The summed E-state index contributed by atoms with van der Waals surface area (Å²) in [7, 11) is 2.00. The standard InChI is InChI=1S/C23H24N.C10H10N2.C5H12O2.Ir/c1-23(2)13-10-17(11-14-23)19-8-9-21-20(16-19)12-15-24-22(21)18-6-4-3-5-7-18;1-11-7-8-12(9-11)10-5-3-2-4-6-10;1-4(6)3-5(2)7;/h3-6,8-9,12,15-17H,10-11,13-14H2,1-2H3;2-5,7-9H,1H3;4-7H,3H2,1-2H3;/q-1;-2;;+3. The van der Waals surface area contributed by atoms with Crippen LogP contribution in [-0.2, 0) is 20.1 Å². The first-order valence-corrected chi connectivity index (χ1v) is 15.3. The minimum Gasteiger partial charge on any atom is -0.510 e. The summed E-state index contributed by atoms with van der Waals surface area (Å²) < 4.78 is 0. The topological polar surface area (TPSA) is 59.8 Å². The molecule has 2 aliphatic rings. The third-order valence-corrected chi connectivity index (χ3v) is 7.99. The molecule has 0 amide bonds. The van der Waals surface area contributed by atoms with Gasteiger partial charge in [0, 0.05) is 6.20 Å². The molecule has 1 saturated carbocycles. The van der Waals surface area contributed by atoms with Crippen molar-refractivity contribution < 1.29 is 30.3 Å². The summed E-state index contributed by atoms with van der Waals surface area (Å²) in [5.74, 6) is 0.710. The molecule has 6 heteroatoms. The summed E-state index contributed by atoms with van der Waals surface area (Å²) in [5.41, 5.74) is 5.18. The van der Waals surface area contributed by atoms with Gasteiger partial charge in [0.05, 0.1) is 12.2 Å². The van der Waals surface area contributed by atoms with Gasteiger partial charge in [0.25, 0.3) is 0 Å². The quantitative estimate of drug-likeness (QED) is 0.200. The molecule has 0 saturated heterocycles. The van der Waals surface area contributed by atoms with E-state index in [1.165, 1.54) is 42.0 Å². The number of para-hydroxylation sites is 1. The zero-order valence-corrected chi connectivity index (χ0v) is 29.0. The molecule has 234 valence electrons. The predicted octanol–water partition coefficient (Wildman–Crippen LogP) is 8.35. The van der Waals surface area contributed by atoms with Gasteiger partial charge in [-0.25, -0.2) is 0 Å². The van der Waals surface area contributed by atoms with E-state index < -0.39 is 0 Å². The van der Waals surface area contributed by atoms with Crippen LogP contribution in [0.4, 0.5) is 5.69 Å². The molecule has 6 rings (SSSR count). The van der Waals surface area contributed by atoms with Crippen molar-refractivity contribution in [2.75, 3.05) is 11.9 Å². The molecule has 2 heterocycles. The first-order chi connectivity index (χ1) is 20.6. The molecule has 1 aliphatic carbocycles. The minimum atomic E-state index is -0.375. The van der Waals surface area contributed by atoms with Gasteiger partial charge in [-0.1, -0.05) is 32.0 Å². The molecule has 0 spiro atoms. The van der Waals surface area contributed by atoms with Gasteiger partial charge < -0.3 is 25.0 Å². The van der Waals surface area contributed by atoms with E-state index in [1.807, 2.05) is 84.6 Å². The van der Waals surface area contributed by atoms with Crippen LogP contribution < -0.4 is 4.90 Å². The summed E-state index contributed by atoms with van der Waals surface area (Å²) in [6.45, 7) is 10.1. The molecule has 2 N–H and O–H groups in total. The second-order valence-electron chi connectivity index (χ2n) is 12.5. The minimum absolute atomic E-state index is 0. The van der Waals surface area contributed by atoms with Crippen LogP contribution in [0.2, 0.25) is 0 Å². The summed E-state index contributed by atoms with van der Waals surface area (Å²) in [5, 5.41) is 19.6. The number of benzene rings is 3. The molecule has 44 heavy (non-hydrogen) atoms. The molecule has 1 aliphatic heterocycles. The van der Waals surface area contributed by atoms with Crippen molar-refractivity contribution in [1.82, 2.24) is 9.88 Å². The molecule has 1 aromatic heterocycles. The smallest absolute Gasteiger partial charge is 0.510 e. The maximum atomic E-state index is 8.56. The van der Waals surface area contributed by atoms with Crippen molar-refractivity contribution >= 4 is 16.5 Å². The zero-order chi connectivity index (χ0) is 30.8. The zero-order valence-electron chi connectivity index (χ0n) is 26.6. The molecule has 2 unspecified atom stereocenters. The van der Waals surface area contributed by atoms with Gasteiger partial charge in [0.2, 0.25) is 0 Å². The van der Waals surface area contributed by atoms with Crippen molar-refractivity contribution in [3.8, 4) is 11.3 Å². The summed E-state index contributed by atoms with van der Waals surface area (Å²) >= 11 is 0. The Labute approximate surface area is 278 Å². The third kappa shape index (κ3) is 10.6. The fourth-order valence-electron chi connectivity index (χ4n) is 5.57. The molecule has 3 aromatic carbocycles. The predicted molar refractivity (Wildman–Crippen MR) is 178 cm³/mol. The van der Waals surface area contributed by atoms with Gasteiger partial charge in [-0.05, 0) is 105 Å². The third-order valence-electron chi connectivity index (χ3n) is 7.99. The van der Waals surface area contributed by atoms with Gasteiger partial charge in [-0.3, -0.25) is 0 Å². The van der Waals surface area contributed by atoms with Gasteiger partial charge >= 0.3 is 20.1 Å². The van der Waals surface area contributed by atoms with Crippen LogP contribution >= 0.6 is 0 Å². The Balaban J connectivity index is 0.000000221. The largest absolute Gasteiger partial charge is 3.00 e. The maximum Gasteiger partial charge on any atom is 3.00 e. The Kier molecular flexibility index (Phi) is 13.6. The Morgan fingerprint density at radius 1 is 0.932 bits per heavy atom. The van der Waals surface area contributed by atoms with Gasteiger partial charge in [0.15, 0.2) is 0 Å². The van der Waals surface area contributed by atoms with Crippen molar-refractivity contribution in [2.45, 2.75) is 77.9 Å². The van der Waals surface area contributed by atoms with E-state index in [9.17, 15) is 0 Å². The number of fused-ring (bicyclic) bond motifs is 1. The SMILES string of the molecule is CC(O)CC(C)O.CC1(C)CCC(c2ccc3c(-c4[c-]cccc4)nccc3c2)CC1.CN1C=CN(c2[c-]cccc2)[CH-]1.[Ir+3]. The Hall–Kier alpha value is -3.02. The number of anilines is 1. The van der Waals surface area contributed by atoms with Crippen molar-refractivity contribution in [3.63, 3.8) is 0 Å². The Bertz CT molecular complexity index is 1420. The van der Waals surface area contributed by atoms with Gasteiger partial charge in [0.1, 0.15) is 0 Å². The van der Waals surface area contributed by atoms with Crippen molar-refractivity contribution in [1.29, 1.82) is 0 Å². The van der Waals surface area contributed by atoms with E-state index in [4.69, 9.17) is 10.2 Å². The van der Waals surface area contributed by atoms with Gasteiger partial charge in [-0.15, -0.1) is 41.6 Å². The van der Waals surface area contributed by atoms with E-state index in [-0.39, 0.29) is 32.3 Å². The fourth-order valence-corrected chi connectivity index (χ4v) is 5.57. The fraction of sp³-hybridized carbons (Fsp3) is 0.368. The number of hydrogen-bond donors (Lipinski definition) is 2. The average molecular weight is 769 g/mol. The summed E-state index contributed by atoms with van der Waals surface area (Å²) in [6, 6.07) is 31.5. The molecule has 0 bridgehead atoms. The molecular weight excluding hydrogens is 723 g/mol. The van der Waals surface area contributed by atoms with Crippen molar-refractivity contribution in [2.24, 2.45) is 5.41 Å². The molecule has 1 fully saturated rings. The molecule has 0 radical (unpaired) electrons. The molecule has 2 atom stereocenters. The Morgan fingerprint density at radius 3 is 2.16 bits per heavy atom. The van der Waals surface area contributed by atoms with E-state index in [2.05, 4.69) is 61.3 Å². The van der Waals surface area contributed by atoms with E-state index in [0.717, 1.165) is 16.9 Å². The van der Waals surface area contributed by atoms with E-state index in [1.54, 1.807) is 13.8 Å². The number of aromatic nitrogens is 1. The average Bonchev–Trinajstić information content (AvgIpc) is 3.44. The number of pyridine rings is 1. The molecular formula is C38H46IrN3O2. The van der Waals surface area contributed by atoms with E-state index in [0.29, 0.717) is 17.8 Å². The van der Waals surface area contributed by atoms with Crippen LogP contribution in [0, 0.1) is 24.2 Å². The summed E-state index contributed by atoms with van der Waals surface area (Å²) in [6.07, 6.45) is 10.9. The first-order valence-electron chi connectivity index (χ1n) is 15.3. The van der Waals surface area contributed by atoms with Crippen LogP contribution in [0.5, 0.6) is 0 Å². The number of aliphatic hydroxyl groups is 2. The molecule has 4 aromatic rings. The van der Waals surface area contributed by atoms with Crippen LogP contribution in [-0.4, -0.2) is 39.4 Å². The van der Waals surface area contributed by atoms with Gasteiger partial charge in [-0.2, -0.15) is 37.0 Å². The second kappa shape index (κ2) is 16.9. The van der Waals surface area contributed by atoms with Crippen LogP contribution in [0.25, 0.3) is 22.0 Å². The number of hydrogen-bond acceptors (Lipinski definition) is 5. The van der Waals surface area contributed by atoms with Crippen LogP contribution in [0.1, 0.15) is 71.3 Å². The second-order valence-corrected chi connectivity index (χ2v) is 12.5. The number of rotatable bonds is 5. The monoisotopic (exact) mass is 769 g/mol. The van der Waals surface area contributed by atoms with Crippen molar-refractivity contribution in [3.05, 3.63) is 116 Å². The summed E-state index contributed by atoms with van der Waals surface area (Å²) in [4.78, 5) is 8.64. The number of aliphatic hydroxyl groups excluding tert-OH is 2. The van der Waals surface area contributed by atoms with Crippen LogP contribution in [0.3, 0.4) is 0 Å². The van der Waals surface area contributed by atoms with Crippen LogP contribution in [0.15, 0.2) is 91.4 Å². The van der Waals surface area contributed by atoms with E-state index >= 15 is 0 Å². The maximum absolute atomic E-state index is 8.56. The number of nitrogens with zero attached hydrogens (tertiary/aromatic N) is 3. The normalized spacial score (nSPS) is 17.1. The molecule has 5 nitrogen and oxygen atoms in total. The first kappa shape index (κ1) is 35.5. The Morgan fingerprint density at radius 2 is 1.61 bits per heavy atom.